The van der Waals surface area contributed by atoms with Gasteiger partial charge >= 0.3 is 0 Å². The fraction of sp³-hybridized carbons (Fsp3) is 0.519. The Labute approximate surface area is 443 Å². The Bertz CT molecular complexity index is 2740. The van der Waals surface area contributed by atoms with E-state index in [0.29, 0.717) is 37.5 Å². The number of aromatic hydroxyl groups is 2. The van der Waals surface area contributed by atoms with E-state index in [4.69, 9.17) is 47.4 Å². The van der Waals surface area contributed by atoms with Crippen LogP contribution in [0.25, 0.3) is 0 Å². The highest BCUT2D eigenvalue weighted by Gasteiger charge is 2.54. The van der Waals surface area contributed by atoms with Gasteiger partial charge in [0, 0.05) is 98.9 Å². The van der Waals surface area contributed by atoms with Crippen LogP contribution in [-0.4, -0.2) is 203 Å². The number of rotatable bonds is 24. The zero-order chi connectivity index (χ0) is 54.4. The molecule has 0 radical (unpaired) electrons. The van der Waals surface area contributed by atoms with Gasteiger partial charge in [0.1, 0.15) is 34.7 Å². The molecule has 3 aromatic carbocycles. The number of phenolic OH excluding ortho intramolecular Hbond substituents is 2. The van der Waals surface area contributed by atoms with E-state index in [2.05, 4.69) is 15.5 Å². The predicted molar refractivity (Wildman–Crippen MR) is 266 cm³/mol. The average Bonchev–Trinajstić information content (AvgIpc) is 4.04. The number of phenols is 2. The standard InChI is InChI=1S/C54H64N4O19/c1-30-50-35(57-17-20-74-52(69-3)51(57)77-50)27-41(75-30)76-36-9-5-4-7-31(36)33-28-54(67,29-34-42(33)48(64)45-44(47(34)63)46(62)32-8-6-10-37(68-2)43(32)49(45)65)53(66)56-15-19-71-22-24-73-26-25-72-23-21-70-18-14-55-38(59)13-16-58-39(60)11-12-40(58)61/h4-12,30,33,35,41,50-52,63-64,67H,13-29H2,1-3H3,(H,55,59)(H,56,66)/t30-,33-,35-,41+,50+,51+,52-,54-/m0/s1. The van der Waals surface area contributed by atoms with Crippen LogP contribution in [0.1, 0.15) is 80.6 Å². The molecule has 3 saturated heterocycles. The molecule has 0 saturated carbocycles. The topological polar surface area (TPSA) is 286 Å². The molecule has 3 fully saturated rings. The molecule has 0 unspecified atom stereocenters. The van der Waals surface area contributed by atoms with E-state index >= 15 is 0 Å². The van der Waals surface area contributed by atoms with Crippen molar-refractivity contribution < 1.29 is 91.5 Å². The van der Waals surface area contributed by atoms with Crippen molar-refractivity contribution in [1.29, 1.82) is 0 Å². The molecule has 0 aromatic heterocycles. The summed E-state index contributed by atoms with van der Waals surface area (Å²) in [6, 6.07) is 11.2. The summed E-state index contributed by atoms with van der Waals surface area (Å²) in [6.07, 6.45) is -0.676. The molecule has 23 nitrogen and oxygen atoms in total. The van der Waals surface area contributed by atoms with Gasteiger partial charge in [-0.25, -0.2) is 0 Å². The molecule has 0 spiro atoms. The fourth-order valence-electron chi connectivity index (χ4n) is 10.9. The minimum atomic E-state index is -2.23. The van der Waals surface area contributed by atoms with E-state index in [1.165, 1.54) is 37.5 Å². The van der Waals surface area contributed by atoms with E-state index < -0.39 is 94.8 Å². The van der Waals surface area contributed by atoms with Gasteiger partial charge in [-0.2, -0.15) is 0 Å². The van der Waals surface area contributed by atoms with Gasteiger partial charge in [0.25, 0.3) is 17.7 Å². The largest absolute Gasteiger partial charge is 0.507 e. The number of benzene rings is 3. The summed E-state index contributed by atoms with van der Waals surface area (Å²) < 4.78 is 58.5. The minimum Gasteiger partial charge on any atom is -0.507 e. The zero-order valence-corrected chi connectivity index (χ0v) is 43.0. The second kappa shape index (κ2) is 24.5. The number of hydrogen-bond acceptors (Lipinski definition) is 20. The number of nitrogens with one attached hydrogen (secondary N) is 2. The molecule has 3 aromatic rings. The molecular weight excluding hydrogens is 1010 g/mol. The van der Waals surface area contributed by atoms with Gasteiger partial charge in [0.15, 0.2) is 18.3 Å². The monoisotopic (exact) mass is 1070 g/mol. The van der Waals surface area contributed by atoms with Crippen LogP contribution in [0.4, 0.5) is 0 Å². The number of methoxy groups -OCH3 is 2. The molecule has 414 valence electrons. The van der Waals surface area contributed by atoms with Crippen LogP contribution in [0.2, 0.25) is 0 Å². The SMILES string of the molecule is COc1cccc2c1C(=O)c1c(O)c3c(c(O)c1C2=O)C[C@](O)(C(=O)NCCOCCOCCOCCOCCNC(=O)CCN1C(=O)C=CC1=O)C[C@H]3c1ccccc1O[C@@H]1C[C@H]2[C@H](O[C@@H]3[C@@H](OC)OCCN32)[C@H](C)O1. The number of fused-ring (bicyclic) bond motifs is 6. The van der Waals surface area contributed by atoms with Crippen molar-refractivity contribution in [3.8, 4) is 23.0 Å². The van der Waals surface area contributed by atoms with Crippen LogP contribution < -0.4 is 20.1 Å². The van der Waals surface area contributed by atoms with Crippen molar-refractivity contribution in [2.24, 2.45) is 0 Å². The second-order valence-corrected chi connectivity index (χ2v) is 19.2. The van der Waals surface area contributed by atoms with Crippen LogP contribution in [0.3, 0.4) is 0 Å². The maximum absolute atomic E-state index is 14.4. The molecule has 4 heterocycles. The van der Waals surface area contributed by atoms with Crippen LogP contribution in [-0.2, 0) is 63.5 Å². The summed E-state index contributed by atoms with van der Waals surface area (Å²) in [7, 11) is 2.92. The summed E-state index contributed by atoms with van der Waals surface area (Å²) in [5.74, 6) is -5.41. The Balaban J connectivity index is 0.805. The number of carbonyl (C=O) groups is 6. The van der Waals surface area contributed by atoms with Crippen molar-refractivity contribution in [3.63, 3.8) is 0 Å². The van der Waals surface area contributed by atoms with E-state index in [9.17, 15) is 44.1 Å². The van der Waals surface area contributed by atoms with Gasteiger partial charge in [-0.3, -0.25) is 38.6 Å². The summed E-state index contributed by atoms with van der Waals surface area (Å²) in [6.45, 7) is 5.04. The molecule has 6 aliphatic rings. The van der Waals surface area contributed by atoms with Crippen LogP contribution in [0, 0.1) is 0 Å². The molecule has 77 heavy (non-hydrogen) atoms. The highest BCUT2D eigenvalue weighted by Crippen LogP contribution is 2.54. The normalized spacial score (nSPS) is 25.5. The first-order valence-corrected chi connectivity index (χ1v) is 25.7. The highest BCUT2D eigenvalue weighted by molar-refractivity contribution is 6.31. The zero-order valence-electron chi connectivity index (χ0n) is 43.0. The molecular formula is C54H64N4O19. The third kappa shape index (κ3) is 11.6. The third-order valence-corrected chi connectivity index (χ3v) is 14.6. The summed E-state index contributed by atoms with van der Waals surface area (Å²) >= 11 is 0. The van der Waals surface area contributed by atoms with E-state index in [-0.39, 0.29) is 125 Å². The minimum absolute atomic E-state index is 0.00470. The van der Waals surface area contributed by atoms with Gasteiger partial charge in [-0.05, 0) is 25.5 Å². The molecule has 23 heteroatoms. The van der Waals surface area contributed by atoms with Crippen LogP contribution in [0.15, 0.2) is 54.6 Å². The number of nitrogens with zero attached hydrogens (tertiary/aromatic N) is 2. The van der Waals surface area contributed by atoms with Gasteiger partial charge in [0.2, 0.25) is 18.0 Å². The van der Waals surface area contributed by atoms with E-state index in [0.717, 1.165) is 4.90 Å². The van der Waals surface area contributed by atoms with Gasteiger partial charge in [-0.1, -0.05) is 30.3 Å². The summed E-state index contributed by atoms with van der Waals surface area (Å²) in [5, 5.41) is 42.4. The molecule has 4 amide bonds. The lowest BCUT2D eigenvalue weighted by molar-refractivity contribution is -0.247. The summed E-state index contributed by atoms with van der Waals surface area (Å²) in [5.41, 5.74) is -2.87. The fourth-order valence-corrected chi connectivity index (χ4v) is 10.9. The quantitative estimate of drug-likeness (QED) is 0.0375. The van der Waals surface area contributed by atoms with E-state index in [1.54, 1.807) is 31.4 Å². The number of ketones is 2. The van der Waals surface area contributed by atoms with Crippen molar-refractivity contribution in [3.05, 3.63) is 93.6 Å². The van der Waals surface area contributed by atoms with Crippen molar-refractivity contribution in [2.45, 2.75) is 81.2 Å². The lowest BCUT2D eigenvalue weighted by Crippen LogP contribution is -2.55. The molecule has 5 N–H and O–H groups in total. The number of carbonyl (C=O) groups excluding carboxylic acids is 6. The lowest BCUT2D eigenvalue weighted by atomic mass is 9.67. The summed E-state index contributed by atoms with van der Waals surface area (Å²) in [4.78, 5) is 81.2. The average molecular weight is 1070 g/mol. The Morgan fingerprint density at radius 3 is 2.12 bits per heavy atom. The van der Waals surface area contributed by atoms with Gasteiger partial charge < -0.3 is 73.3 Å². The Morgan fingerprint density at radius 1 is 0.779 bits per heavy atom. The Morgan fingerprint density at radius 2 is 1.43 bits per heavy atom. The second-order valence-electron chi connectivity index (χ2n) is 19.2. The van der Waals surface area contributed by atoms with Crippen LogP contribution in [0.5, 0.6) is 23.0 Å². The number of aliphatic hydroxyl groups is 1. The van der Waals surface area contributed by atoms with E-state index in [1.807, 2.05) is 6.92 Å². The van der Waals surface area contributed by atoms with Crippen molar-refractivity contribution in [1.82, 2.24) is 20.4 Å². The van der Waals surface area contributed by atoms with Gasteiger partial charge in [0.05, 0.1) is 89.4 Å². The molecule has 9 rings (SSSR count). The third-order valence-electron chi connectivity index (χ3n) is 14.6. The number of amides is 4. The number of ether oxygens (including phenoxy) is 10. The molecule has 4 aliphatic heterocycles. The maximum Gasteiger partial charge on any atom is 0.253 e. The molecule has 0 bridgehead atoms. The first-order valence-electron chi connectivity index (χ1n) is 25.7. The smallest absolute Gasteiger partial charge is 0.253 e. The molecule has 2 aliphatic carbocycles. The van der Waals surface area contributed by atoms with Crippen molar-refractivity contribution >= 4 is 35.2 Å². The number of para-hydroxylation sites is 1. The highest BCUT2D eigenvalue weighted by atomic mass is 16.7. The molecule has 8 atom stereocenters. The Hall–Kier alpha value is -6.38. The number of hydrogen-bond donors (Lipinski definition) is 5. The number of morpholine rings is 1. The lowest BCUT2D eigenvalue weighted by Gasteiger charge is -2.41. The van der Waals surface area contributed by atoms with Gasteiger partial charge in [-0.15, -0.1) is 0 Å². The Kier molecular flexibility index (Phi) is 17.6. The first kappa shape index (κ1) is 55.4. The maximum atomic E-state index is 14.4. The van der Waals surface area contributed by atoms with Crippen molar-refractivity contribution in [2.75, 3.05) is 99.9 Å². The van der Waals surface area contributed by atoms with Crippen LogP contribution >= 0.6 is 0 Å². The first-order chi connectivity index (χ1) is 37.2. The number of imide groups is 1. The predicted octanol–water partition coefficient (Wildman–Crippen LogP) is 1.22.